The third-order valence-corrected chi connectivity index (χ3v) is 8.69. The van der Waals surface area contributed by atoms with Crippen LogP contribution in [0.1, 0.15) is 13.8 Å². The van der Waals surface area contributed by atoms with E-state index in [0.29, 0.717) is 0 Å². The van der Waals surface area contributed by atoms with Crippen molar-refractivity contribution in [1.29, 1.82) is 0 Å². The van der Waals surface area contributed by atoms with Gasteiger partial charge in [0, 0.05) is 710 Å². The van der Waals surface area contributed by atoms with Crippen LogP contribution in [-0.2, 0) is 0 Å². The normalized spacial score (nSPS) is 3.99. The van der Waals surface area contributed by atoms with Crippen molar-refractivity contribution in [2.75, 3.05) is 0 Å². The molecule has 0 aromatic heterocycles. The van der Waals surface area contributed by atoms with Gasteiger partial charge in [0.15, 0.2) is 0 Å². The fraction of sp³-hybridized carbons (Fsp3) is 0.0143. The summed E-state index contributed by atoms with van der Waals surface area (Å²) in [5.41, 5.74) is 0. The van der Waals surface area contributed by atoms with Crippen LogP contribution in [0.2, 0.25) is 0 Å². The van der Waals surface area contributed by atoms with E-state index in [1.54, 1.807) is 13.8 Å². The molecule has 0 saturated carbocycles. The Hall–Kier alpha value is -30.4. The van der Waals surface area contributed by atoms with E-state index in [9.17, 15) is 0 Å². The van der Waals surface area contributed by atoms with Crippen LogP contribution in [0.5, 0.6) is 0 Å². The second kappa shape index (κ2) is 109. The Kier molecular flexibility index (Phi) is 85.1. The molecule has 0 radical (unpaired) electrons. The summed E-state index contributed by atoms with van der Waals surface area (Å²) in [6, 6.07) is 0. The predicted molar refractivity (Wildman–Crippen MR) is 548 cm³/mol. The van der Waals surface area contributed by atoms with Crippen molar-refractivity contribution in [3.05, 3.63) is 0 Å². The molecule has 0 heterocycles. The first-order chi connectivity index (χ1) is 69.9. The Morgan fingerprint density at radius 3 is 0.0786 bits per heavy atom. The minimum absolute atomic E-state index is 1.68. The number of rotatable bonds is 0. The molecule has 140 heavy (non-hydrogen) atoms. The van der Waals surface area contributed by atoms with E-state index in [1.807, 2.05) is 0 Å². The molecule has 0 N–H and O–H groups in total. The molecule has 0 aliphatic rings. The highest BCUT2D eigenvalue weighted by Gasteiger charge is 1.71. The molecule has 0 atom stereocenters. The Morgan fingerprint density at radius 1 is 0.0357 bits per heavy atom. The summed E-state index contributed by atoms with van der Waals surface area (Å²) in [5.74, 6) is 346. The fourth-order valence-corrected chi connectivity index (χ4v) is 4.31. The molecule has 0 unspecified atom stereocenters. The first-order valence-corrected chi connectivity index (χ1v) is 35.2. The van der Waals surface area contributed by atoms with E-state index in [4.69, 9.17) is 0 Å². The van der Waals surface area contributed by atoms with Gasteiger partial charge >= 0.3 is 0 Å². The van der Waals surface area contributed by atoms with E-state index in [1.165, 1.54) is 0 Å². The Balaban J connectivity index is 4.66. The molecule has 0 heteroatoms. The monoisotopic (exact) mass is 1690 g/mol. The molecular weight excluding hydrogens is 1680 g/mol. The van der Waals surface area contributed by atoms with Crippen LogP contribution in [-0.4, -0.2) is 0 Å². The highest BCUT2D eigenvalue weighted by Crippen LogP contribution is 1.71. The van der Waals surface area contributed by atoms with Gasteiger partial charge < -0.3 is 0 Å². The van der Waals surface area contributed by atoms with Crippen molar-refractivity contribution >= 4 is 0 Å². The van der Waals surface area contributed by atoms with E-state index < -0.39 is 0 Å². The average molecular weight is 1690 g/mol. The SMILES string of the molecule is CC#CC#CC#CC#CC#CC#CC#CC#CC#CC#CC#CC#CC#CC#CC#CC#CC#CC#CC#CC#CC#CC#CC#CC#CC#CC#CC#CC#CC#CC#CC#CC#CC#CC#CC#CC#CC#CC#CC#CC#CC#CC#CC#CC#CC#CC#CC#CC#CC#CC#CC#CC#CC#CC#CC#CC#CC#CC#CC#CC#CC#CC#CC#CC#CC#CC#CC#CC#CC#CC. The average Bonchev–Trinajstić information content (AvgIpc) is 1.10. The lowest BCUT2D eigenvalue weighted by Gasteiger charge is -1.58. The molecule has 0 aromatic rings. The van der Waals surface area contributed by atoms with Crippen LogP contribution in [0.4, 0.5) is 0 Å². The summed E-state index contributed by atoms with van der Waals surface area (Å²) in [6.07, 6.45) is 0. The fourth-order valence-electron chi connectivity index (χ4n) is 4.31. The van der Waals surface area contributed by atoms with Crippen molar-refractivity contribution < 1.29 is 0 Å². The quantitative estimate of drug-likeness (QED) is 0.322. The lowest BCUT2D eigenvalue weighted by Crippen LogP contribution is -1.57. The van der Waals surface area contributed by atoms with Crippen molar-refractivity contribution in [3.8, 4) is 817 Å². The van der Waals surface area contributed by atoms with Gasteiger partial charge in [-0.2, -0.15) is 0 Å². The van der Waals surface area contributed by atoms with Gasteiger partial charge in [-0.05, 0) is 109 Å². The maximum absolute atomic E-state index is 2.63. The number of hydrogen-bond acceptors (Lipinski definition) is 0. The van der Waals surface area contributed by atoms with Crippen LogP contribution < -0.4 is 0 Å². The van der Waals surface area contributed by atoms with Gasteiger partial charge in [-0.25, -0.2) is 0 Å². The van der Waals surface area contributed by atoms with Gasteiger partial charge in [0.05, 0.1) is 0 Å². The van der Waals surface area contributed by atoms with Gasteiger partial charge in [-0.1, -0.05) is 11.8 Å². The maximum atomic E-state index is 2.63. The van der Waals surface area contributed by atoms with Crippen molar-refractivity contribution in [3.63, 3.8) is 0 Å². The second-order valence-electron chi connectivity index (χ2n) is 17.5. The Morgan fingerprint density at radius 2 is 0.0571 bits per heavy atom. The highest BCUT2D eigenvalue weighted by atomic mass is 13.7. The molecule has 0 aromatic carbocycles. The standard InChI is InChI=1S/C140H6/c1-3-5-7-9-11-13-15-17-19-21-23-25-27-29-31-33-35-37-39-41-43-45-47-49-51-53-55-57-59-61-63-65-67-69-71-73-75-77-79-81-83-85-87-89-91-93-95-97-99-101-103-105-107-109-111-113-115-117-119-121-123-125-127-129-131-133-135-137-139-140-138-136-134-132-130-128-126-124-122-120-118-116-114-112-110-108-106-104-102-100-98-96-94-92-90-88-86-84-82-80-78-76-74-72-70-68-66-64-62-60-58-56-54-52-50-48-46-44-42-40-38-36-34-32-30-28-26-24-22-20-18-16-14-12-10-8-6-4-2/h1-2H3. The van der Waals surface area contributed by atoms with Crippen LogP contribution in [0, 0.1) is 817 Å². The van der Waals surface area contributed by atoms with Crippen LogP contribution in [0.15, 0.2) is 0 Å². The van der Waals surface area contributed by atoms with Gasteiger partial charge in [0.25, 0.3) is 0 Å². The second-order valence-corrected chi connectivity index (χ2v) is 17.5. The molecule has 0 rings (SSSR count). The van der Waals surface area contributed by atoms with Crippen LogP contribution in [0.25, 0.3) is 0 Å². The molecule has 0 nitrogen and oxygen atoms in total. The zero-order valence-electron chi connectivity index (χ0n) is 71.0. The minimum Gasteiger partial charge on any atom is -0.0925 e. The minimum atomic E-state index is 1.68. The molecule has 0 spiro atoms. The summed E-state index contributed by atoms with van der Waals surface area (Å²) >= 11 is 0. The van der Waals surface area contributed by atoms with Crippen molar-refractivity contribution in [2.45, 2.75) is 13.8 Å². The van der Waals surface area contributed by atoms with E-state index in [2.05, 4.69) is 817 Å². The van der Waals surface area contributed by atoms with Crippen molar-refractivity contribution in [2.24, 2.45) is 0 Å². The zero-order chi connectivity index (χ0) is 99.6. The predicted octanol–water partition coefficient (Wildman–Crippen LogP) is 1.26. The smallest absolute Gasteiger partial charge is 0 e. The lowest BCUT2D eigenvalue weighted by molar-refractivity contribution is 1.92. The molecule has 0 aliphatic carbocycles. The summed E-state index contributed by atoms with van der Waals surface area (Å²) in [4.78, 5) is 0. The summed E-state index contributed by atoms with van der Waals surface area (Å²) in [6.45, 7) is 3.36. The molecule has 0 amide bonds. The first-order valence-electron chi connectivity index (χ1n) is 35.2. The Labute approximate surface area is 824 Å². The van der Waals surface area contributed by atoms with Crippen LogP contribution >= 0.6 is 0 Å². The van der Waals surface area contributed by atoms with E-state index in [-0.39, 0.29) is 0 Å². The molecule has 566 valence electrons. The Bertz CT molecular complexity index is 9190. The topological polar surface area (TPSA) is 0 Å². The summed E-state index contributed by atoms with van der Waals surface area (Å²) in [5, 5.41) is 0. The molecular formula is C140H6. The molecule has 0 bridgehead atoms. The maximum Gasteiger partial charge on any atom is 0 e. The molecule has 0 aliphatic heterocycles. The molecule has 0 fully saturated rings. The number of hydrogen-bond donors (Lipinski definition) is 0. The van der Waals surface area contributed by atoms with Crippen LogP contribution in [0.3, 0.4) is 0 Å². The van der Waals surface area contributed by atoms with Gasteiger partial charge in [0.2, 0.25) is 0 Å². The van der Waals surface area contributed by atoms with Crippen molar-refractivity contribution in [1.82, 2.24) is 0 Å². The van der Waals surface area contributed by atoms with Gasteiger partial charge in [-0.3, -0.25) is 0 Å². The largest absolute Gasteiger partial charge is 0.0925 e. The summed E-state index contributed by atoms with van der Waals surface area (Å²) in [7, 11) is 0. The van der Waals surface area contributed by atoms with Gasteiger partial charge in [0.1, 0.15) is 0 Å². The van der Waals surface area contributed by atoms with E-state index in [0.717, 1.165) is 0 Å². The van der Waals surface area contributed by atoms with Gasteiger partial charge in [-0.15, -0.1) is 0 Å². The zero-order valence-corrected chi connectivity index (χ0v) is 71.0. The third-order valence-electron chi connectivity index (χ3n) is 8.69. The summed E-state index contributed by atoms with van der Waals surface area (Å²) < 4.78 is 0. The lowest BCUT2D eigenvalue weighted by atomic mass is 10.4. The third kappa shape index (κ3) is 108. The highest BCUT2D eigenvalue weighted by molar-refractivity contribution is 5.60. The molecule has 0 saturated heterocycles. The first kappa shape index (κ1) is 110. The van der Waals surface area contributed by atoms with E-state index >= 15 is 0 Å².